The Labute approximate surface area is 104 Å². The van der Waals surface area contributed by atoms with Crippen LogP contribution in [0.15, 0.2) is 36.4 Å². The molecule has 0 saturated carbocycles. The largest absolute Gasteiger partial charge is 0.508 e. The molecule has 4 heteroatoms. The van der Waals surface area contributed by atoms with Crippen LogP contribution in [0.5, 0.6) is 5.75 Å². The highest BCUT2D eigenvalue weighted by molar-refractivity contribution is 5.84. The molecule has 2 aromatic carbocycles. The van der Waals surface area contributed by atoms with Crippen LogP contribution in [0.1, 0.15) is 18.0 Å². The van der Waals surface area contributed by atoms with Crippen LogP contribution in [0.4, 0.5) is 4.79 Å². The number of benzene rings is 2. The van der Waals surface area contributed by atoms with Gasteiger partial charge in [0.25, 0.3) is 0 Å². The molecule has 1 fully saturated rings. The quantitative estimate of drug-likeness (QED) is 0.809. The van der Waals surface area contributed by atoms with Crippen LogP contribution >= 0.6 is 0 Å². The Morgan fingerprint density at radius 1 is 1.17 bits per heavy atom. The van der Waals surface area contributed by atoms with Crippen molar-refractivity contribution in [3.63, 3.8) is 0 Å². The average Bonchev–Trinajstić information content (AvgIpc) is 2.38. The summed E-state index contributed by atoms with van der Waals surface area (Å²) in [5, 5.41) is 14.2. The number of phenols is 1. The van der Waals surface area contributed by atoms with Crippen LogP contribution in [0.2, 0.25) is 0 Å². The normalized spacial score (nSPS) is 19.3. The molecule has 0 unspecified atom stereocenters. The minimum atomic E-state index is -0.364. The zero-order chi connectivity index (χ0) is 12.5. The topological polar surface area (TPSA) is 58.6 Å². The van der Waals surface area contributed by atoms with Crippen molar-refractivity contribution in [2.75, 3.05) is 6.61 Å². The van der Waals surface area contributed by atoms with Gasteiger partial charge in [0.2, 0.25) is 0 Å². The number of carbonyl (C=O) groups excluding carboxylic acids is 1. The lowest BCUT2D eigenvalue weighted by atomic mass is 9.99. The fraction of sp³-hybridized carbons (Fsp3) is 0.214. The van der Waals surface area contributed by atoms with Gasteiger partial charge in [-0.2, -0.15) is 0 Å². The monoisotopic (exact) mass is 243 g/mol. The highest BCUT2D eigenvalue weighted by atomic mass is 16.5. The molecule has 0 spiro atoms. The summed E-state index contributed by atoms with van der Waals surface area (Å²) in [4.78, 5) is 11.2. The summed E-state index contributed by atoms with van der Waals surface area (Å²) in [7, 11) is 0. The van der Waals surface area contributed by atoms with Crippen molar-refractivity contribution in [3.8, 4) is 5.75 Å². The fourth-order valence-electron chi connectivity index (χ4n) is 2.24. The number of carbonyl (C=O) groups is 1. The zero-order valence-electron chi connectivity index (χ0n) is 9.72. The number of alkyl carbamates (subject to hydrolysis) is 1. The van der Waals surface area contributed by atoms with E-state index in [1.165, 1.54) is 0 Å². The van der Waals surface area contributed by atoms with Crippen LogP contribution in [0.25, 0.3) is 10.8 Å². The van der Waals surface area contributed by atoms with E-state index in [4.69, 9.17) is 4.74 Å². The van der Waals surface area contributed by atoms with Crippen molar-refractivity contribution < 1.29 is 14.6 Å². The maximum atomic E-state index is 11.2. The molecule has 1 aliphatic heterocycles. The van der Waals surface area contributed by atoms with Gasteiger partial charge in [-0.15, -0.1) is 0 Å². The van der Waals surface area contributed by atoms with Gasteiger partial charge in [0, 0.05) is 6.42 Å². The molecule has 92 valence electrons. The maximum absolute atomic E-state index is 11.2. The third-order valence-corrected chi connectivity index (χ3v) is 3.18. The van der Waals surface area contributed by atoms with Crippen LogP contribution in [-0.4, -0.2) is 17.8 Å². The fourth-order valence-corrected chi connectivity index (χ4v) is 2.24. The third-order valence-electron chi connectivity index (χ3n) is 3.18. The van der Waals surface area contributed by atoms with Gasteiger partial charge in [-0.25, -0.2) is 4.79 Å². The number of aromatic hydroxyl groups is 1. The second-order valence-corrected chi connectivity index (χ2v) is 4.41. The number of phenolic OH excluding ortho intramolecular Hbond substituents is 1. The molecule has 1 aliphatic rings. The number of fused-ring (bicyclic) bond motifs is 1. The number of nitrogens with one attached hydrogen (secondary N) is 1. The molecular weight excluding hydrogens is 230 g/mol. The number of rotatable bonds is 1. The van der Waals surface area contributed by atoms with Crippen molar-refractivity contribution in [2.24, 2.45) is 0 Å². The first-order valence-corrected chi connectivity index (χ1v) is 5.88. The molecule has 0 radical (unpaired) electrons. The van der Waals surface area contributed by atoms with E-state index in [-0.39, 0.29) is 17.9 Å². The van der Waals surface area contributed by atoms with Crippen molar-refractivity contribution in [3.05, 3.63) is 42.0 Å². The SMILES string of the molecule is O=C1N[C@@H](c2ccc3cc(O)ccc3c2)CCO1. The van der Waals surface area contributed by atoms with Crippen LogP contribution in [0.3, 0.4) is 0 Å². The molecule has 1 amide bonds. The Bertz CT molecular complexity index is 609. The Kier molecular flexibility index (Phi) is 2.55. The van der Waals surface area contributed by atoms with Gasteiger partial charge in [-0.05, 0) is 34.5 Å². The molecule has 0 bridgehead atoms. The van der Waals surface area contributed by atoms with Gasteiger partial charge in [-0.1, -0.05) is 18.2 Å². The Morgan fingerprint density at radius 3 is 2.78 bits per heavy atom. The molecule has 2 aromatic rings. The lowest BCUT2D eigenvalue weighted by molar-refractivity contribution is 0.115. The van der Waals surface area contributed by atoms with E-state index >= 15 is 0 Å². The van der Waals surface area contributed by atoms with E-state index < -0.39 is 0 Å². The van der Waals surface area contributed by atoms with E-state index in [2.05, 4.69) is 5.32 Å². The number of hydrogen-bond acceptors (Lipinski definition) is 3. The summed E-state index contributed by atoms with van der Waals surface area (Å²) < 4.78 is 4.85. The van der Waals surface area contributed by atoms with Crippen LogP contribution in [-0.2, 0) is 4.74 Å². The van der Waals surface area contributed by atoms with E-state index in [0.717, 1.165) is 22.8 Å². The molecule has 2 N–H and O–H groups in total. The Balaban J connectivity index is 1.97. The van der Waals surface area contributed by atoms with Gasteiger partial charge in [-0.3, -0.25) is 0 Å². The average molecular weight is 243 g/mol. The molecule has 1 saturated heterocycles. The van der Waals surface area contributed by atoms with Crippen molar-refractivity contribution in [1.29, 1.82) is 0 Å². The predicted octanol–water partition coefficient (Wildman–Crippen LogP) is 2.72. The predicted molar refractivity (Wildman–Crippen MR) is 67.5 cm³/mol. The summed E-state index contributed by atoms with van der Waals surface area (Å²) in [6.07, 6.45) is 0.409. The van der Waals surface area contributed by atoms with Crippen LogP contribution < -0.4 is 5.32 Å². The molecule has 3 rings (SSSR count). The van der Waals surface area contributed by atoms with E-state index in [1.54, 1.807) is 12.1 Å². The smallest absolute Gasteiger partial charge is 0.407 e. The summed E-state index contributed by atoms with van der Waals surface area (Å²) in [6, 6.07) is 11.2. The molecular formula is C14H13NO3. The van der Waals surface area contributed by atoms with Gasteiger partial charge >= 0.3 is 6.09 Å². The van der Waals surface area contributed by atoms with Crippen molar-refractivity contribution in [1.82, 2.24) is 5.32 Å². The first-order valence-electron chi connectivity index (χ1n) is 5.88. The van der Waals surface area contributed by atoms with Crippen molar-refractivity contribution >= 4 is 16.9 Å². The second-order valence-electron chi connectivity index (χ2n) is 4.41. The first-order chi connectivity index (χ1) is 8.72. The minimum absolute atomic E-state index is 0.00412. The lowest BCUT2D eigenvalue weighted by Crippen LogP contribution is -2.35. The molecule has 18 heavy (non-hydrogen) atoms. The third kappa shape index (κ3) is 1.97. The Hall–Kier alpha value is -2.23. The first kappa shape index (κ1) is 10.9. The highest BCUT2D eigenvalue weighted by Gasteiger charge is 2.20. The molecule has 1 atom stereocenters. The standard InChI is InChI=1S/C14H13NO3/c16-12-4-3-9-7-11(2-1-10(9)8-12)13-5-6-18-14(17)15-13/h1-4,7-8,13,16H,5-6H2,(H,15,17)/t13-/m1/s1. The lowest BCUT2D eigenvalue weighted by Gasteiger charge is -2.23. The van der Waals surface area contributed by atoms with Gasteiger partial charge in [0.1, 0.15) is 5.75 Å². The number of hydrogen-bond donors (Lipinski definition) is 2. The van der Waals surface area contributed by atoms with Gasteiger partial charge < -0.3 is 15.2 Å². The summed E-state index contributed by atoms with van der Waals surface area (Å²) in [5.41, 5.74) is 1.06. The molecule has 4 nitrogen and oxygen atoms in total. The van der Waals surface area contributed by atoms with E-state index in [9.17, 15) is 9.90 Å². The zero-order valence-corrected chi connectivity index (χ0v) is 9.72. The molecule has 0 aliphatic carbocycles. The van der Waals surface area contributed by atoms with Crippen molar-refractivity contribution in [2.45, 2.75) is 12.5 Å². The maximum Gasteiger partial charge on any atom is 0.407 e. The molecule has 0 aromatic heterocycles. The van der Waals surface area contributed by atoms with Gasteiger partial charge in [0.05, 0.1) is 12.6 Å². The Morgan fingerprint density at radius 2 is 1.94 bits per heavy atom. The summed E-state index contributed by atoms with van der Waals surface area (Å²) in [5.74, 6) is 0.259. The van der Waals surface area contributed by atoms with E-state index in [0.29, 0.717) is 6.61 Å². The second kappa shape index (κ2) is 4.22. The molecule has 1 heterocycles. The van der Waals surface area contributed by atoms with Crippen LogP contribution in [0, 0.1) is 0 Å². The number of cyclic esters (lactones) is 1. The number of ether oxygens (including phenoxy) is 1. The van der Waals surface area contributed by atoms with E-state index in [1.807, 2.05) is 24.3 Å². The summed E-state index contributed by atoms with van der Waals surface area (Å²) >= 11 is 0. The number of amides is 1. The highest BCUT2D eigenvalue weighted by Crippen LogP contribution is 2.26. The van der Waals surface area contributed by atoms with Gasteiger partial charge in [0.15, 0.2) is 0 Å². The minimum Gasteiger partial charge on any atom is -0.508 e. The summed E-state index contributed by atoms with van der Waals surface area (Å²) in [6.45, 7) is 0.449.